The molecule has 0 aliphatic heterocycles. The van der Waals surface area contributed by atoms with Gasteiger partial charge in [0.25, 0.3) is 0 Å². The average molecular weight is 244 g/mol. The average Bonchev–Trinajstić information content (AvgIpc) is 2.16. The number of ether oxygens (including phenoxy) is 1. The minimum absolute atomic E-state index is 0.418. The summed E-state index contributed by atoms with van der Waals surface area (Å²) < 4.78 is 42.5. The Hall–Kier alpha value is -1.45. The molecule has 0 radical (unpaired) electrons. The number of rotatable bonds is 3. The number of hydrogen-bond donors (Lipinski definition) is 0. The van der Waals surface area contributed by atoms with Crippen molar-refractivity contribution < 1.29 is 17.9 Å². The van der Waals surface area contributed by atoms with E-state index in [-0.39, 0.29) is 0 Å². The van der Waals surface area contributed by atoms with Gasteiger partial charge in [0.15, 0.2) is 0 Å². The van der Waals surface area contributed by atoms with Crippen LogP contribution < -0.4 is 4.74 Å². The molecule has 4 heteroatoms. The zero-order valence-corrected chi connectivity index (χ0v) is 10.0. The molecule has 17 heavy (non-hydrogen) atoms. The molecule has 1 aromatic rings. The highest BCUT2D eigenvalue weighted by atomic mass is 19.4. The van der Waals surface area contributed by atoms with Crippen molar-refractivity contribution in [1.82, 2.24) is 0 Å². The molecule has 0 aliphatic carbocycles. The Balaban J connectivity index is 2.82. The molecular formula is C13H15F3O. The molecule has 0 saturated carbocycles. The third kappa shape index (κ3) is 4.13. The number of hydrogen-bond acceptors (Lipinski definition) is 1. The molecule has 0 bridgehead atoms. The van der Waals surface area contributed by atoms with Gasteiger partial charge in [0.05, 0.1) is 5.56 Å². The van der Waals surface area contributed by atoms with Crippen LogP contribution in [0.25, 0.3) is 0 Å². The first-order valence-corrected chi connectivity index (χ1v) is 5.25. The molecule has 0 fully saturated rings. The van der Waals surface area contributed by atoms with Crippen molar-refractivity contribution in [2.45, 2.75) is 32.5 Å². The minimum Gasteiger partial charge on any atom is -0.484 e. The Kier molecular flexibility index (Phi) is 3.86. The summed E-state index contributed by atoms with van der Waals surface area (Å²) in [6, 6.07) is 4.68. The fourth-order valence-electron chi connectivity index (χ4n) is 1.45. The maximum Gasteiger partial charge on any atom is 0.416 e. The first-order valence-electron chi connectivity index (χ1n) is 5.25. The van der Waals surface area contributed by atoms with Crippen LogP contribution in [0.5, 0.6) is 5.75 Å². The van der Waals surface area contributed by atoms with Crippen LogP contribution in [0.15, 0.2) is 36.4 Å². The number of benzene rings is 1. The predicted molar refractivity (Wildman–Crippen MR) is 61.0 cm³/mol. The van der Waals surface area contributed by atoms with Crippen molar-refractivity contribution >= 4 is 0 Å². The molecule has 0 N–H and O–H groups in total. The van der Waals surface area contributed by atoms with Gasteiger partial charge in [-0.2, -0.15) is 13.2 Å². The van der Waals surface area contributed by atoms with Crippen LogP contribution in [0, 0.1) is 0 Å². The highest BCUT2D eigenvalue weighted by molar-refractivity contribution is 5.29. The van der Waals surface area contributed by atoms with Crippen LogP contribution in [-0.4, -0.2) is 5.60 Å². The Morgan fingerprint density at radius 2 is 1.59 bits per heavy atom. The molecule has 0 amide bonds. The summed E-state index contributed by atoms with van der Waals surface area (Å²) in [5, 5.41) is 0. The van der Waals surface area contributed by atoms with Crippen molar-refractivity contribution in [1.29, 1.82) is 0 Å². The van der Waals surface area contributed by atoms with E-state index in [9.17, 15) is 13.2 Å². The maximum atomic E-state index is 12.3. The van der Waals surface area contributed by atoms with Crippen molar-refractivity contribution in [2.75, 3.05) is 0 Å². The van der Waals surface area contributed by atoms with E-state index >= 15 is 0 Å². The van der Waals surface area contributed by atoms with Gasteiger partial charge in [0.1, 0.15) is 11.4 Å². The third-order valence-corrected chi connectivity index (χ3v) is 2.13. The topological polar surface area (TPSA) is 9.23 Å². The predicted octanol–water partition coefficient (Wildman–Crippen LogP) is 4.44. The second-order valence-corrected chi connectivity index (χ2v) is 4.23. The summed E-state index contributed by atoms with van der Waals surface area (Å²) in [6.45, 7) is 5.53. The monoisotopic (exact) mass is 244 g/mol. The first-order chi connectivity index (χ1) is 7.74. The molecule has 0 saturated heterocycles. The quantitative estimate of drug-likeness (QED) is 0.714. The van der Waals surface area contributed by atoms with Gasteiger partial charge >= 0.3 is 6.18 Å². The summed E-state index contributed by atoms with van der Waals surface area (Å²) in [4.78, 5) is 0. The molecule has 94 valence electrons. The van der Waals surface area contributed by atoms with Crippen molar-refractivity contribution in [3.63, 3.8) is 0 Å². The molecule has 0 unspecified atom stereocenters. The SMILES string of the molecule is CC=CC(C)(C)Oc1ccc(C(F)(F)F)cc1. The summed E-state index contributed by atoms with van der Waals surface area (Å²) in [6.07, 6.45) is -0.633. The molecule has 0 heterocycles. The molecule has 1 nitrogen and oxygen atoms in total. The Morgan fingerprint density at radius 3 is 2.00 bits per heavy atom. The summed E-state index contributed by atoms with van der Waals surface area (Å²) in [7, 11) is 0. The Bertz CT molecular complexity index is 388. The number of allylic oxidation sites excluding steroid dienone is 1. The van der Waals surface area contributed by atoms with E-state index in [2.05, 4.69) is 0 Å². The number of halogens is 3. The summed E-state index contributed by atoms with van der Waals surface area (Å²) >= 11 is 0. The van der Waals surface area contributed by atoms with Crippen LogP contribution in [0.2, 0.25) is 0 Å². The second kappa shape index (κ2) is 4.82. The maximum absolute atomic E-state index is 12.3. The highest BCUT2D eigenvalue weighted by Crippen LogP contribution is 2.31. The minimum atomic E-state index is -4.31. The fraction of sp³-hybridized carbons (Fsp3) is 0.385. The van der Waals surface area contributed by atoms with Crippen LogP contribution in [0.1, 0.15) is 26.3 Å². The lowest BCUT2D eigenvalue weighted by atomic mass is 10.1. The van der Waals surface area contributed by atoms with E-state index in [0.29, 0.717) is 5.75 Å². The van der Waals surface area contributed by atoms with Crippen molar-refractivity contribution in [2.24, 2.45) is 0 Å². The molecule has 0 aliphatic rings. The van der Waals surface area contributed by atoms with Gasteiger partial charge in [-0.1, -0.05) is 6.08 Å². The van der Waals surface area contributed by atoms with E-state index in [1.54, 1.807) is 0 Å². The zero-order chi connectivity index (χ0) is 13.1. The summed E-state index contributed by atoms with van der Waals surface area (Å²) in [5.41, 5.74) is -1.21. The summed E-state index contributed by atoms with van der Waals surface area (Å²) in [5.74, 6) is 0.418. The molecule has 0 spiro atoms. The molecule has 0 aromatic heterocycles. The lowest BCUT2D eigenvalue weighted by molar-refractivity contribution is -0.137. The molecule has 1 rings (SSSR count). The third-order valence-electron chi connectivity index (χ3n) is 2.13. The van der Waals surface area contributed by atoms with E-state index in [1.807, 2.05) is 32.9 Å². The lowest BCUT2D eigenvalue weighted by Gasteiger charge is -2.23. The van der Waals surface area contributed by atoms with Crippen LogP contribution in [-0.2, 0) is 6.18 Å². The highest BCUT2D eigenvalue weighted by Gasteiger charge is 2.30. The van der Waals surface area contributed by atoms with E-state index in [1.165, 1.54) is 12.1 Å². The Labute approximate surface area is 98.9 Å². The fourth-order valence-corrected chi connectivity index (χ4v) is 1.45. The molecule has 0 atom stereocenters. The zero-order valence-electron chi connectivity index (χ0n) is 10.0. The van der Waals surface area contributed by atoms with E-state index < -0.39 is 17.3 Å². The largest absolute Gasteiger partial charge is 0.484 e. The van der Waals surface area contributed by atoms with Gasteiger partial charge in [0, 0.05) is 0 Å². The van der Waals surface area contributed by atoms with Gasteiger partial charge in [-0.25, -0.2) is 0 Å². The van der Waals surface area contributed by atoms with Gasteiger partial charge in [0.2, 0.25) is 0 Å². The van der Waals surface area contributed by atoms with Gasteiger partial charge < -0.3 is 4.74 Å². The Morgan fingerprint density at radius 1 is 1.06 bits per heavy atom. The lowest BCUT2D eigenvalue weighted by Crippen LogP contribution is -2.25. The van der Waals surface area contributed by atoms with E-state index in [4.69, 9.17) is 4.74 Å². The van der Waals surface area contributed by atoms with Gasteiger partial charge in [-0.05, 0) is 51.1 Å². The van der Waals surface area contributed by atoms with Crippen molar-refractivity contribution in [3.05, 3.63) is 42.0 Å². The standard InChI is InChI=1S/C13H15F3O/c1-4-9-12(2,3)17-11-7-5-10(6-8-11)13(14,15)16/h4-9H,1-3H3. The molecule has 1 aromatic carbocycles. The van der Waals surface area contributed by atoms with E-state index in [0.717, 1.165) is 12.1 Å². The second-order valence-electron chi connectivity index (χ2n) is 4.23. The van der Waals surface area contributed by atoms with Crippen LogP contribution >= 0.6 is 0 Å². The normalized spacial score (nSPS) is 13.1. The van der Waals surface area contributed by atoms with Crippen LogP contribution in [0.4, 0.5) is 13.2 Å². The van der Waals surface area contributed by atoms with Gasteiger partial charge in [-0.15, -0.1) is 0 Å². The smallest absolute Gasteiger partial charge is 0.416 e. The number of alkyl halides is 3. The van der Waals surface area contributed by atoms with Gasteiger partial charge in [-0.3, -0.25) is 0 Å². The molecular weight excluding hydrogens is 229 g/mol. The van der Waals surface area contributed by atoms with Crippen molar-refractivity contribution in [3.8, 4) is 5.75 Å². The van der Waals surface area contributed by atoms with Crippen LogP contribution in [0.3, 0.4) is 0 Å². The first kappa shape index (κ1) is 13.6.